The van der Waals surface area contributed by atoms with Crippen LogP contribution < -0.4 is 0 Å². The molecule has 0 aromatic heterocycles. The highest BCUT2D eigenvalue weighted by atomic mass is 19.4. The molecule has 0 saturated heterocycles. The van der Waals surface area contributed by atoms with Crippen molar-refractivity contribution in [1.82, 2.24) is 0 Å². The molecule has 0 bridgehead atoms. The molecule has 0 nitrogen and oxygen atoms in total. The lowest BCUT2D eigenvalue weighted by molar-refractivity contribution is -0.125. The molecular weight excluding hydrogens is 165 g/mol. The van der Waals surface area contributed by atoms with Gasteiger partial charge in [0.2, 0.25) is 0 Å². The molecule has 0 unspecified atom stereocenters. The van der Waals surface area contributed by atoms with Crippen molar-refractivity contribution >= 4 is 0 Å². The van der Waals surface area contributed by atoms with Gasteiger partial charge in [0.1, 0.15) is 0 Å². The van der Waals surface area contributed by atoms with Crippen LogP contribution in [-0.2, 0) is 0 Å². The maximum atomic E-state index is 11.5. The predicted molar refractivity (Wildman–Crippen MR) is 43.8 cm³/mol. The molecule has 0 heterocycles. The summed E-state index contributed by atoms with van der Waals surface area (Å²) >= 11 is 0. The largest absolute Gasteiger partial charge is 0.392 e. The number of hydrogen-bond acceptors (Lipinski definition) is 0. The van der Waals surface area contributed by atoms with E-state index < -0.39 is 12.6 Å². The van der Waals surface area contributed by atoms with Crippen LogP contribution in [-0.4, -0.2) is 6.18 Å². The van der Waals surface area contributed by atoms with E-state index in [2.05, 4.69) is 6.58 Å². The van der Waals surface area contributed by atoms with Crippen LogP contribution in [0.15, 0.2) is 36.5 Å². The van der Waals surface area contributed by atoms with Gasteiger partial charge in [0.05, 0.1) is 6.42 Å². The van der Waals surface area contributed by atoms with Crippen molar-refractivity contribution in [1.29, 1.82) is 0 Å². The number of hydrogen-bond donors (Lipinski definition) is 0. The van der Waals surface area contributed by atoms with Crippen LogP contribution in [0.4, 0.5) is 13.2 Å². The second-order valence-corrected chi connectivity index (χ2v) is 2.45. The predicted octanol–water partition coefficient (Wildman–Crippen LogP) is 3.63. The second kappa shape index (κ2) is 4.80. The van der Waals surface area contributed by atoms with Crippen LogP contribution in [0.3, 0.4) is 0 Å². The summed E-state index contributed by atoms with van der Waals surface area (Å²) in [7, 11) is 0. The molecule has 0 amide bonds. The van der Waals surface area contributed by atoms with E-state index in [9.17, 15) is 13.2 Å². The fraction of sp³-hybridized carbons (Fsp3) is 0.333. The Morgan fingerprint density at radius 2 is 1.92 bits per heavy atom. The standard InChI is InChI=1S/C9H11F3/c1-8(2)6-4-3-5-7-9(10,11)12/h3-6H,1,7H2,2H3/b5-3-,6-4-. The topological polar surface area (TPSA) is 0 Å². The summed E-state index contributed by atoms with van der Waals surface area (Å²) in [6, 6.07) is 0. The third-order valence-electron chi connectivity index (χ3n) is 0.977. The third-order valence-corrected chi connectivity index (χ3v) is 0.977. The molecular formula is C9H11F3. The number of allylic oxidation sites excluding steroid dienone is 5. The monoisotopic (exact) mass is 176 g/mol. The Labute approximate surface area is 70.1 Å². The quantitative estimate of drug-likeness (QED) is 0.576. The van der Waals surface area contributed by atoms with Gasteiger partial charge in [-0.25, -0.2) is 0 Å². The molecule has 0 spiro atoms. The van der Waals surface area contributed by atoms with Crippen molar-refractivity contribution in [2.24, 2.45) is 0 Å². The normalized spacial score (nSPS) is 13.0. The first-order valence-electron chi connectivity index (χ1n) is 3.47. The summed E-state index contributed by atoms with van der Waals surface area (Å²) in [5, 5.41) is 0. The zero-order chi connectivity index (χ0) is 9.61. The van der Waals surface area contributed by atoms with Gasteiger partial charge in [0.15, 0.2) is 0 Å². The molecule has 0 aliphatic heterocycles. The Morgan fingerprint density at radius 1 is 1.33 bits per heavy atom. The maximum Gasteiger partial charge on any atom is 0.392 e. The van der Waals surface area contributed by atoms with E-state index in [1.807, 2.05) is 0 Å². The fourth-order valence-corrected chi connectivity index (χ4v) is 0.500. The summed E-state index contributed by atoms with van der Waals surface area (Å²) < 4.78 is 34.6. The highest BCUT2D eigenvalue weighted by Gasteiger charge is 2.24. The Hall–Kier alpha value is -0.990. The molecule has 68 valence electrons. The van der Waals surface area contributed by atoms with E-state index in [1.165, 1.54) is 12.2 Å². The average molecular weight is 176 g/mol. The fourth-order valence-electron chi connectivity index (χ4n) is 0.500. The van der Waals surface area contributed by atoms with E-state index in [1.54, 1.807) is 13.0 Å². The van der Waals surface area contributed by atoms with Gasteiger partial charge in [0, 0.05) is 0 Å². The van der Waals surface area contributed by atoms with Gasteiger partial charge in [0.25, 0.3) is 0 Å². The molecule has 3 heteroatoms. The first-order chi connectivity index (χ1) is 5.42. The lowest BCUT2D eigenvalue weighted by Gasteiger charge is -1.98. The summed E-state index contributed by atoms with van der Waals surface area (Å²) in [6.45, 7) is 5.33. The van der Waals surface area contributed by atoms with Crippen molar-refractivity contribution in [2.45, 2.75) is 19.5 Å². The third kappa shape index (κ3) is 9.01. The van der Waals surface area contributed by atoms with Crippen molar-refractivity contribution in [3.05, 3.63) is 36.5 Å². The van der Waals surface area contributed by atoms with Crippen LogP contribution in [0.1, 0.15) is 13.3 Å². The van der Waals surface area contributed by atoms with Crippen molar-refractivity contribution in [2.75, 3.05) is 0 Å². The van der Waals surface area contributed by atoms with Gasteiger partial charge in [-0.05, 0) is 6.92 Å². The Kier molecular flexibility index (Phi) is 4.40. The Morgan fingerprint density at radius 3 is 2.33 bits per heavy atom. The number of halogens is 3. The maximum absolute atomic E-state index is 11.5. The van der Waals surface area contributed by atoms with E-state index >= 15 is 0 Å². The molecule has 0 radical (unpaired) electrons. The minimum Gasteiger partial charge on any atom is -0.171 e. The van der Waals surface area contributed by atoms with Crippen molar-refractivity contribution in [3.63, 3.8) is 0 Å². The van der Waals surface area contributed by atoms with Gasteiger partial charge in [-0.1, -0.05) is 36.5 Å². The van der Waals surface area contributed by atoms with Gasteiger partial charge >= 0.3 is 6.18 Å². The van der Waals surface area contributed by atoms with Crippen molar-refractivity contribution < 1.29 is 13.2 Å². The first kappa shape index (κ1) is 11.0. The molecule has 0 atom stereocenters. The summed E-state index contributed by atoms with van der Waals surface area (Å²) in [6.07, 6.45) is 0.629. The molecule has 0 aromatic carbocycles. The zero-order valence-electron chi connectivity index (χ0n) is 6.86. The molecule has 0 aromatic rings. The molecule has 0 N–H and O–H groups in total. The van der Waals surface area contributed by atoms with Gasteiger partial charge in [-0.3, -0.25) is 0 Å². The van der Waals surface area contributed by atoms with Crippen LogP contribution >= 0.6 is 0 Å². The van der Waals surface area contributed by atoms with Crippen LogP contribution in [0, 0.1) is 0 Å². The van der Waals surface area contributed by atoms with Crippen LogP contribution in [0.25, 0.3) is 0 Å². The summed E-state index contributed by atoms with van der Waals surface area (Å²) in [5.74, 6) is 0. The molecule has 12 heavy (non-hydrogen) atoms. The van der Waals surface area contributed by atoms with Crippen molar-refractivity contribution in [3.8, 4) is 0 Å². The molecule has 0 rings (SSSR count). The molecule has 0 aliphatic carbocycles. The smallest absolute Gasteiger partial charge is 0.171 e. The average Bonchev–Trinajstić information content (AvgIpc) is 1.83. The molecule has 0 saturated carbocycles. The minimum atomic E-state index is -4.10. The highest BCUT2D eigenvalue weighted by Crippen LogP contribution is 2.19. The van der Waals surface area contributed by atoms with Gasteiger partial charge in [-0.15, -0.1) is 0 Å². The minimum absolute atomic E-state index is 0.812. The summed E-state index contributed by atoms with van der Waals surface area (Å²) in [5.41, 5.74) is 0.812. The highest BCUT2D eigenvalue weighted by molar-refractivity contribution is 5.16. The van der Waals surface area contributed by atoms with Crippen LogP contribution in [0.5, 0.6) is 0 Å². The van der Waals surface area contributed by atoms with Crippen LogP contribution in [0.2, 0.25) is 0 Å². The number of rotatable bonds is 3. The lowest BCUT2D eigenvalue weighted by atomic mass is 10.3. The second-order valence-electron chi connectivity index (χ2n) is 2.45. The van der Waals surface area contributed by atoms with E-state index in [4.69, 9.17) is 0 Å². The zero-order valence-corrected chi connectivity index (χ0v) is 6.86. The molecule has 0 fully saturated rings. The molecule has 0 aliphatic rings. The van der Waals surface area contributed by atoms with Gasteiger partial charge < -0.3 is 0 Å². The van der Waals surface area contributed by atoms with E-state index in [-0.39, 0.29) is 0 Å². The lowest BCUT2D eigenvalue weighted by Crippen LogP contribution is -2.03. The number of alkyl halides is 3. The van der Waals surface area contributed by atoms with E-state index in [0.717, 1.165) is 11.6 Å². The SMILES string of the molecule is C=C(C)/C=C\C=C/CC(F)(F)F. The Balaban J connectivity index is 3.72. The summed E-state index contributed by atoms with van der Waals surface area (Å²) in [4.78, 5) is 0. The first-order valence-corrected chi connectivity index (χ1v) is 3.47. The Bertz CT molecular complexity index is 196. The van der Waals surface area contributed by atoms with Gasteiger partial charge in [-0.2, -0.15) is 13.2 Å². The van der Waals surface area contributed by atoms with E-state index in [0.29, 0.717) is 0 Å².